The van der Waals surface area contributed by atoms with Crippen LogP contribution in [-0.4, -0.2) is 33.2 Å². The van der Waals surface area contributed by atoms with Crippen molar-refractivity contribution in [3.8, 4) is 0 Å². The van der Waals surface area contributed by atoms with Gasteiger partial charge in [0.1, 0.15) is 0 Å². The number of benzene rings is 2. The van der Waals surface area contributed by atoms with Crippen molar-refractivity contribution in [1.82, 2.24) is 0 Å². The molecule has 0 unspecified atom stereocenters. The van der Waals surface area contributed by atoms with Gasteiger partial charge >= 0.3 is 17.9 Å². The number of rotatable bonds is 1. The molecule has 0 aromatic heterocycles. The fourth-order valence-corrected chi connectivity index (χ4v) is 1.41. The monoisotopic (exact) mass is 262 g/mol. The zero-order chi connectivity index (χ0) is 14.4. The first-order chi connectivity index (χ1) is 8.93. The van der Waals surface area contributed by atoms with Crippen molar-refractivity contribution in [2.45, 2.75) is 0 Å². The van der Waals surface area contributed by atoms with Crippen molar-refractivity contribution in [3.63, 3.8) is 0 Å². The highest BCUT2D eigenvalue weighted by Gasteiger charge is 2.06. The van der Waals surface area contributed by atoms with Crippen LogP contribution in [0.2, 0.25) is 0 Å². The molecule has 2 aromatic rings. The third-order valence-electron chi connectivity index (χ3n) is 2.20. The van der Waals surface area contributed by atoms with E-state index in [4.69, 9.17) is 24.9 Å². The van der Waals surface area contributed by atoms with Crippen LogP contribution in [0.1, 0.15) is 10.4 Å². The Labute approximate surface area is 107 Å². The highest BCUT2D eigenvalue weighted by Crippen LogP contribution is 2.17. The van der Waals surface area contributed by atoms with Gasteiger partial charge in [0.25, 0.3) is 0 Å². The number of hydrogen-bond acceptors (Lipinski definition) is 3. The number of aliphatic carboxylic acids is 2. The summed E-state index contributed by atoms with van der Waals surface area (Å²) in [5.74, 6) is -4.53. The quantitative estimate of drug-likeness (QED) is 0.674. The first kappa shape index (κ1) is 14.2. The molecule has 0 heterocycles. The maximum Gasteiger partial charge on any atom is 0.414 e. The van der Waals surface area contributed by atoms with Gasteiger partial charge in [-0.15, -0.1) is 0 Å². The molecule has 0 atom stereocenters. The van der Waals surface area contributed by atoms with Gasteiger partial charge in [-0.2, -0.15) is 0 Å². The molecule has 0 aliphatic rings. The van der Waals surface area contributed by atoms with Crippen LogP contribution >= 0.6 is 0 Å². The Hall–Kier alpha value is -2.89. The lowest BCUT2D eigenvalue weighted by Gasteiger charge is -2.00. The van der Waals surface area contributed by atoms with E-state index >= 15 is 0 Å². The number of hydrogen-bond donors (Lipinski definition) is 3. The van der Waals surface area contributed by atoms with E-state index < -0.39 is 17.9 Å². The molecule has 2 rings (SSSR count). The molecule has 19 heavy (non-hydrogen) atoms. The molecule has 0 amide bonds. The van der Waals surface area contributed by atoms with Crippen LogP contribution in [-0.2, 0) is 9.59 Å². The fourth-order valence-electron chi connectivity index (χ4n) is 1.41. The number of carbonyl (C=O) groups is 3. The fraction of sp³-hybridized carbons (Fsp3) is 0. The summed E-state index contributed by atoms with van der Waals surface area (Å²) in [4.78, 5) is 29.0. The second kappa shape index (κ2) is 6.15. The Morgan fingerprint density at radius 2 is 1.26 bits per heavy atom. The van der Waals surface area contributed by atoms with Crippen molar-refractivity contribution in [2.75, 3.05) is 0 Å². The molecular weight excluding hydrogens is 252 g/mol. The van der Waals surface area contributed by atoms with Gasteiger partial charge in [0.05, 0.1) is 5.56 Å². The van der Waals surface area contributed by atoms with Crippen molar-refractivity contribution < 1.29 is 29.7 Å². The number of aromatic carboxylic acids is 1. The normalized spacial score (nSPS) is 9.26. The predicted molar refractivity (Wildman–Crippen MR) is 66.2 cm³/mol. The van der Waals surface area contributed by atoms with Crippen LogP contribution in [0.15, 0.2) is 42.5 Å². The molecule has 6 heteroatoms. The molecule has 0 spiro atoms. The Kier molecular flexibility index (Phi) is 4.59. The van der Waals surface area contributed by atoms with Crippen LogP contribution in [0, 0.1) is 0 Å². The van der Waals surface area contributed by atoms with Crippen LogP contribution in [0.4, 0.5) is 0 Å². The summed E-state index contributed by atoms with van der Waals surface area (Å²) in [5.41, 5.74) is 0.359. The second-order valence-electron chi connectivity index (χ2n) is 3.44. The van der Waals surface area contributed by atoms with E-state index in [-0.39, 0.29) is 0 Å². The molecule has 2 aromatic carbocycles. The SMILES string of the molecule is O=C(O)C(=O)O.O=C(O)c1cccc2ccccc12. The lowest BCUT2D eigenvalue weighted by Crippen LogP contribution is -2.09. The summed E-state index contributed by atoms with van der Waals surface area (Å²) >= 11 is 0. The maximum absolute atomic E-state index is 10.8. The average molecular weight is 262 g/mol. The van der Waals surface area contributed by atoms with Crippen LogP contribution in [0.25, 0.3) is 10.8 Å². The van der Waals surface area contributed by atoms with E-state index in [1.807, 2.05) is 30.3 Å². The summed E-state index contributed by atoms with van der Waals surface area (Å²) < 4.78 is 0. The van der Waals surface area contributed by atoms with Gasteiger partial charge in [0, 0.05) is 0 Å². The van der Waals surface area contributed by atoms with Gasteiger partial charge in [-0.25, -0.2) is 14.4 Å². The maximum atomic E-state index is 10.8. The summed E-state index contributed by atoms with van der Waals surface area (Å²) in [7, 11) is 0. The number of fused-ring (bicyclic) bond motifs is 1. The van der Waals surface area contributed by atoms with E-state index in [0.29, 0.717) is 5.56 Å². The number of carboxylic acids is 3. The van der Waals surface area contributed by atoms with Gasteiger partial charge in [-0.3, -0.25) is 0 Å². The van der Waals surface area contributed by atoms with Gasteiger partial charge in [0.15, 0.2) is 0 Å². The van der Waals surface area contributed by atoms with Gasteiger partial charge < -0.3 is 15.3 Å². The summed E-state index contributed by atoms with van der Waals surface area (Å²) in [6.45, 7) is 0. The smallest absolute Gasteiger partial charge is 0.414 e. The molecular formula is C13H10O6. The van der Waals surface area contributed by atoms with Gasteiger partial charge in [-0.1, -0.05) is 36.4 Å². The van der Waals surface area contributed by atoms with E-state index in [1.54, 1.807) is 12.1 Å². The highest BCUT2D eigenvalue weighted by molar-refractivity contribution is 6.27. The molecule has 6 nitrogen and oxygen atoms in total. The lowest BCUT2D eigenvalue weighted by atomic mass is 10.1. The zero-order valence-electron chi connectivity index (χ0n) is 9.61. The summed E-state index contributed by atoms with van der Waals surface area (Å²) in [6, 6.07) is 12.7. The van der Waals surface area contributed by atoms with Crippen LogP contribution < -0.4 is 0 Å². The van der Waals surface area contributed by atoms with E-state index in [2.05, 4.69) is 0 Å². The van der Waals surface area contributed by atoms with Crippen LogP contribution in [0.3, 0.4) is 0 Å². The Balaban J connectivity index is 0.000000258. The third-order valence-corrected chi connectivity index (χ3v) is 2.20. The lowest BCUT2D eigenvalue weighted by molar-refractivity contribution is -0.159. The van der Waals surface area contributed by atoms with Crippen molar-refractivity contribution in [3.05, 3.63) is 48.0 Å². The van der Waals surface area contributed by atoms with Gasteiger partial charge in [0.2, 0.25) is 0 Å². The Morgan fingerprint density at radius 3 is 1.79 bits per heavy atom. The molecule has 3 N–H and O–H groups in total. The van der Waals surface area contributed by atoms with E-state index in [0.717, 1.165) is 10.8 Å². The van der Waals surface area contributed by atoms with Crippen molar-refractivity contribution >= 4 is 28.7 Å². The molecule has 0 fully saturated rings. The summed E-state index contributed by atoms with van der Waals surface area (Å²) in [5, 5.41) is 25.4. The number of carboxylic acid groups (broad SMARTS) is 3. The first-order valence-corrected chi connectivity index (χ1v) is 5.10. The Morgan fingerprint density at radius 1 is 0.737 bits per heavy atom. The molecule has 98 valence electrons. The highest BCUT2D eigenvalue weighted by atomic mass is 16.4. The standard InChI is InChI=1S/C11H8O2.C2H2O4/c12-11(13)10-7-3-5-8-4-1-2-6-9(8)10;3-1(4)2(5)6/h1-7H,(H,12,13);(H,3,4)(H,5,6). The average Bonchev–Trinajstić information content (AvgIpc) is 2.38. The largest absolute Gasteiger partial charge is 0.478 e. The summed E-state index contributed by atoms with van der Waals surface area (Å²) in [6.07, 6.45) is 0. The minimum atomic E-state index is -1.82. The van der Waals surface area contributed by atoms with Gasteiger partial charge in [-0.05, 0) is 16.8 Å². The predicted octanol–water partition coefficient (Wildman–Crippen LogP) is 1.69. The molecule has 0 saturated heterocycles. The Bertz CT molecular complexity index is 615. The van der Waals surface area contributed by atoms with E-state index in [1.165, 1.54) is 0 Å². The third kappa shape index (κ3) is 3.81. The zero-order valence-corrected chi connectivity index (χ0v) is 9.61. The molecule has 0 radical (unpaired) electrons. The second-order valence-corrected chi connectivity index (χ2v) is 3.44. The molecule has 0 saturated carbocycles. The van der Waals surface area contributed by atoms with Crippen molar-refractivity contribution in [2.24, 2.45) is 0 Å². The van der Waals surface area contributed by atoms with Crippen molar-refractivity contribution in [1.29, 1.82) is 0 Å². The topological polar surface area (TPSA) is 112 Å². The molecule has 0 aliphatic carbocycles. The minimum Gasteiger partial charge on any atom is -0.478 e. The van der Waals surface area contributed by atoms with Crippen LogP contribution in [0.5, 0.6) is 0 Å². The molecule has 0 aliphatic heterocycles. The molecule has 0 bridgehead atoms. The van der Waals surface area contributed by atoms with E-state index in [9.17, 15) is 4.79 Å². The minimum absolute atomic E-state index is 0.359. The first-order valence-electron chi connectivity index (χ1n) is 5.10.